The Balaban J connectivity index is 1.20. The zero-order valence-electron chi connectivity index (χ0n) is 31.5. The third-order valence-electron chi connectivity index (χ3n) is 13.6. The second-order valence-electron chi connectivity index (χ2n) is 16.8. The second-order valence-corrected chi connectivity index (χ2v) is 16.8. The third kappa shape index (κ3) is 8.11. The molecule has 0 unspecified atom stereocenters. The standard InChI is InChI=1S/C48H58O6/c49-30-34-18-17-32(25-34)9-3-1-2-4-11-35-13-8-14-39(31-50)45(47(53)54)48(24-23-38-28-37-12-5-6-16-42(37)46(52)44(38)29-48)40-15-7-10-33(26-40)27-43(35)36-19-21-41(51)22-20-36/h5-8,10,12,14-16,19-22,25-26,28,32,35,38-39,43-45,49-52H,1-4,9,11,13,17-18,23-24,27,29-31H2,(H,53,54)/t32-,35+,38-,39+,43+,44+,45-,48-/m1/s1. The first-order valence-corrected chi connectivity index (χ1v) is 20.5. The molecule has 1 fully saturated rings. The van der Waals surface area contributed by atoms with Gasteiger partial charge < -0.3 is 25.5 Å². The molecule has 5 N–H and O–H groups in total. The SMILES string of the molecule is O=C(O)[C@H]1[C@H](CO)C=CC[C@H](CCCCCC[C@H]2C=C(CO)CC2)[C@@H](c2ccc(O)cc2)Cc2cccc(c2)[C@]12CC[C@@H]1C=c3ccccc3=C(O)[C@H]1C2. The number of carboxylic acid groups (broad SMARTS) is 1. The number of unbranched alkanes of at least 4 members (excludes halogenated alkanes) is 3. The summed E-state index contributed by atoms with van der Waals surface area (Å²) in [6.45, 7) is -0.0795. The molecule has 1 saturated carbocycles. The minimum Gasteiger partial charge on any atom is -0.511 e. The van der Waals surface area contributed by atoms with E-state index in [0.29, 0.717) is 24.5 Å². The zero-order chi connectivity index (χ0) is 37.7. The summed E-state index contributed by atoms with van der Waals surface area (Å²) in [6.07, 6.45) is 21.1. The maximum absolute atomic E-state index is 13.6. The molecule has 0 aliphatic heterocycles. The number of allylic oxidation sites excluding steroid dienone is 2. The lowest BCUT2D eigenvalue weighted by atomic mass is 9.53. The number of aromatic hydroxyl groups is 1. The number of benzene rings is 3. The van der Waals surface area contributed by atoms with Gasteiger partial charge in [-0.15, -0.1) is 0 Å². The molecular weight excluding hydrogens is 673 g/mol. The van der Waals surface area contributed by atoms with Crippen molar-refractivity contribution >= 4 is 17.8 Å². The minimum atomic E-state index is -0.904. The normalized spacial score (nSPS) is 29.3. The molecule has 6 heteroatoms. The van der Waals surface area contributed by atoms with Crippen LogP contribution in [0.3, 0.4) is 0 Å². The first-order valence-electron chi connectivity index (χ1n) is 20.5. The van der Waals surface area contributed by atoms with E-state index in [1.807, 2.05) is 30.3 Å². The Morgan fingerprint density at radius 1 is 0.833 bits per heavy atom. The zero-order valence-corrected chi connectivity index (χ0v) is 31.5. The van der Waals surface area contributed by atoms with Gasteiger partial charge in [0, 0.05) is 22.5 Å². The number of fused-ring (bicyclic) bond motifs is 5. The van der Waals surface area contributed by atoms with Crippen LogP contribution in [0.5, 0.6) is 5.75 Å². The topological polar surface area (TPSA) is 118 Å². The number of phenols is 1. The van der Waals surface area contributed by atoms with Crippen molar-refractivity contribution in [1.29, 1.82) is 0 Å². The van der Waals surface area contributed by atoms with Gasteiger partial charge in [0.25, 0.3) is 0 Å². The quantitative estimate of drug-likeness (QED) is 0.101. The summed E-state index contributed by atoms with van der Waals surface area (Å²) in [6, 6.07) is 24.2. The summed E-state index contributed by atoms with van der Waals surface area (Å²) in [5, 5.41) is 55.4. The van der Waals surface area contributed by atoms with E-state index in [2.05, 4.69) is 54.6 Å². The van der Waals surface area contributed by atoms with Crippen LogP contribution in [0.2, 0.25) is 0 Å². The van der Waals surface area contributed by atoms with E-state index < -0.39 is 23.2 Å². The Hall–Kier alpha value is -4.13. The van der Waals surface area contributed by atoms with Crippen LogP contribution in [0.25, 0.3) is 11.8 Å². The first kappa shape index (κ1) is 38.2. The highest BCUT2D eigenvalue weighted by atomic mass is 16.4. The molecule has 0 radical (unpaired) electrons. The Morgan fingerprint density at radius 3 is 2.39 bits per heavy atom. The van der Waals surface area contributed by atoms with Crippen LogP contribution in [0.15, 0.2) is 96.6 Å². The Morgan fingerprint density at radius 2 is 1.63 bits per heavy atom. The Kier molecular flexibility index (Phi) is 12.1. The first-order chi connectivity index (χ1) is 26.3. The van der Waals surface area contributed by atoms with Gasteiger partial charge in [-0.25, -0.2) is 0 Å². The molecular formula is C48H58O6. The summed E-state index contributed by atoms with van der Waals surface area (Å²) in [5.41, 5.74) is 3.72. The van der Waals surface area contributed by atoms with Gasteiger partial charge >= 0.3 is 5.97 Å². The predicted octanol–water partition coefficient (Wildman–Crippen LogP) is 8.09. The van der Waals surface area contributed by atoms with E-state index in [9.17, 15) is 30.3 Å². The Labute approximate surface area is 320 Å². The maximum atomic E-state index is 13.6. The fourth-order valence-electron chi connectivity index (χ4n) is 10.8. The highest BCUT2D eigenvalue weighted by Gasteiger charge is 2.53. The van der Waals surface area contributed by atoms with Crippen molar-refractivity contribution in [2.75, 3.05) is 13.2 Å². The van der Waals surface area contributed by atoms with Crippen LogP contribution in [0.1, 0.15) is 99.7 Å². The molecule has 3 aromatic carbocycles. The van der Waals surface area contributed by atoms with Gasteiger partial charge in [0.15, 0.2) is 0 Å². The molecule has 3 aromatic rings. The number of phenolic OH excluding ortho intramolecular Hbond substituents is 1. The monoisotopic (exact) mass is 730 g/mol. The highest BCUT2D eigenvalue weighted by molar-refractivity contribution is 5.74. The van der Waals surface area contributed by atoms with Crippen molar-refractivity contribution in [1.82, 2.24) is 0 Å². The third-order valence-corrected chi connectivity index (χ3v) is 13.6. The fourth-order valence-corrected chi connectivity index (χ4v) is 10.8. The van der Waals surface area contributed by atoms with E-state index >= 15 is 0 Å². The molecule has 4 aliphatic rings. The van der Waals surface area contributed by atoms with Crippen LogP contribution in [0.4, 0.5) is 0 Å². The molecule has 6 nitrogen and oxygen atoms in total. The average Bonchev–Trinajstić information content (AvgIpc) is 3.65. The van der Waals surface area contributed by atoms with E-state index in [1.165, 1.54) is 30.4 Å². The molecule has 1 spiro atoms. The highest BCUT2D eigenvalue weighted by Crippen LogP contribution is 2.54. The van der Waals surface area contributed by atoms with Crippen molar-refractivity contribution in [3.8, 4) is 5.75 Å². The molecule has 4 aliphatic carbocycles. The van der Waals surface area contributed by atoms with Gasteiger partial charge in [-0.2, -0.15) is 0 Å². The lowest BCUT2D eigenvalue weighted by Gasteiger charge is -2.49. The molecule has 2 bridgehead atoms. The van der Waals surface area contributed by atoms with Crippen LogP contribution in [0, 0.1) is 35.5 Å². The molecule has 286 valence electrons. The van der Waals surface area contributed by atoms with Crippen LogP contribution < -0.4 is 10.4 Å². The molecule has 8 atom stereocenters. The largest absolute Gasteiger partial charge is 0.511 e. The summed E-state index contributed by atoms with van der Waals surface area (Å²) in [5.74, 6) is -0.788. The molecule has 0 saturated heterocycles. The summed E-state index contributed by atoms with van der Waals surface area (Å²) >= 11 is 0. The summed E-state index contributed by atoms with van der Waals surface area (Å²) < 4.78 is 0. The smallest absolute Gasteiger partial charge is 0.308 e. The van der Waals surface area contributed by atoms with Gasteiger partial charge in [-0.3, -0.25) is 4.79 Å². The number of hydrogen-bond donors (Lipinski definition) is 5. The number of hydrogen-bond acceptors (Lipinski definition) is 5. The van der Waals surface area contributed by atoms with Crippen molar-refractivity contribution in [3.63, 3.8) is 0 Å². The lowest BCUT2D eigenvalue weighted by molar-refractivity contribution is -0.148. The average molecular weight is 731 g/mol. The summed E-state index contributed by atoms with van der Waals surface area (Å²) in [7, 11) is 0. The number of carboxylic acids is 1. The predicted molar refractivity (Wildman–Crippen MR) is 214 cm³/mol. The van der Waals surface area contributed by atoms with Gasteiger partial charge in [-0.1, -0.05) is 111 Å². The van der Waals surface area contributed by atoms with Gasteiger partial charge in [0.1, 0.15) is 11.5 Å². The number of aliphatic hydroxyl groups is 3. The number of rotatable bonds is 11. The Bertz CT molecular complexity index is 1940. The van der Waals surface area contributed by atoms with E-state index in [-0.39, 0.29) is 42.6 Å². The van der Waals surface area contributed by atoms with Crippen LogP contribution >= 0.6 is 0 Å². The van der Waals surface area contributed by atoms with E-state index in [1.54, 1.807) is 12.1 Å². The van der Waals surface area contributed by atoms with Gasteiger partial charge in [0.05, 0.1) is 19.1 Å². The van der Waals surface area contributed by atoms with E-state index in [4.69, 9.17) is 0 Å². The summed E-state index contributed by atoms with van der Waals surface area (Å²) in [4.78, 5) is 13.6. The number of carbonyl (C=O) groups is 1. The van der Waals surface area contributed by atoms with Crippen molar-refractivity contribution in [3.05, 3.63) is 124 Å². The van der Waals surface area contributed by atoms with Crippen molar-refractivity contribution < 1.29 is 30.3 Å². The number of aliphatic carboxylic acids is 1. The minimum absolute atomic E-state index is 0.117. The fraction of sp³-hybridized carbons (Fsp3) is 0.479. The van der Waals surface area contributed by atoms with Crippen molar-refractivity contribution in [2.45, 2.75) is 94.8 Å². The molecule has 54 heavy (non-hydrogen) atoms. The van der Waals surface area contributed by atoms with Crippen LogP contribution in [-0.2, 0) is 16.6 Å². The van der Waals surface area contributed by atoms with Crippen molar-refractivity contribution in [2.24, 2.45) is 35.5 Å². The molecule has 7 rings (SSSR count). The second kappa shape index (κ2) is 17.1. The van der Waals surface area contributed by atoms with Gasteiger partial charge in [0.2, 0.25) is 0 Å². The van der Waals surface area contributed by atoms with Crippen LogP contribution in [-0.4, -0.2) is 44.7 Å². The van der Waals surface area contributed by atoms with E-state index in [0.717, 1.165) is 72.9 Å². The molecule has 0 aromatic heterocycles. The van der Waals surface area contributed by atoms with Gasteiger partial charge in [-0.05, 0) is 121 Å². The maximum Gasteiger partial charge on any atom is 0.308 e. The number of aliphatic hydroxyl groups excluding tert-OH is 3. The lowest BCUT2D eigenvalue weighted by Crippen LogP contribution is -2.51. The molecule has 0 heterocycles. The molecule has 0 amide bonds.